The monoisotopic (exact) mass is 480 g/mol. The zero-order valence-electron chi connectivity index (χ0n) is 14.5. The number of thioether (sulfide) groups is 1. The zero-order chi connectivity index (χ0) is 20.1. The fraction of sp³-hybridized carbons (Fsp3) is 0.105. The molecule has 2 aromatic carbocycles. The van der Waals surface area contributed by atoms with E-state index in [0.29, 0.717) is 27.0 Å². The summed E-state index contributed by atoms with van der Waals surface area (Å²) in [5.74, 6) is -0.220. The van der Waals surface area contributed by atoms with Gasteiger partial charge < -0.3 is 5.32 Å². The van der Waals surface area contributed by atoms with Crippen molar-refractivity contribution in [2.45, 2.75) is 11.7 Å². The van der Waals surface area contributed by atoms with Crippen LogP contribution in [0.5, 0.6) is 0 Å². The van der Waals surface area contributed by atoms with Crippen LogP contribution in [0.15, 0.2) is 64.7 Å². The van der Waals surface area contributed by atoms with Gasteiger partial charge in [0.25, 0.3) is 0 Å². The van der Waals surface area contributed by atoms with Crippen LogP contribution in [0.25, 0.3) is 11.4 Å². The molecule has 0 atom stereocenters. The number of hydrogen-bond acceptors (Lipinski definition) is 4. The van der Waals surface area contributed by atoms with Gasteiger partial charge in [-0.25, -0.2) is 4.39 Å². The molecule has 0 unspecified atom stereocenters. The number of aromatic nitrogens is 3. The Morgan fingerprint density at radius 3 is 2.82 bits per heavy atom. The summed E-state index contributed by atoms with van der Waals surface area (Å²) in [4.78, 5) is 12.2. The molecule has 0 radical (unpaired) electrons. The third-order valence-corrected chi connectivity index (χ3v) is 5.47. The minimum Gasteiger partial charge on any atom is -0.323 e. The Labute approximate surface area is 179 Å². The number of halogens is 3. The maximum absolute atomic E-state index is 13.9. The molecule has 9 heteroatoms. The molecule has 1 aromatic heterocycles. The summed E-state index contributed by atoms with van der Waals surface area (Å²) in [6.07, 6.45) is 1.71. The summed E-state index contributed by atoms with van der Waals surface area (Å²) >= 11 is 10.6. The molecule has 28 heavy (non-hydrogen) atoms. The third-order valence-electron chi connectivity index (χ3n) is 3.68. The number of carbonyl (C=O) groups is 1. The van der Waals surface area contributed by atoms with Crippen LogP contribution in [0, 0.1) is 5.82 Å². The van der Waals surface area contributed by atoms with Crippen molar-refractivity contribution in [1.82, 2.24) is 14.8 Å². The van der Waals surface area contributed by atoms with E-state index in [1.807, 2.05) is 22.8 Å². The number of hydrogen-bond donors (Lipinski definition) is 1. The number of amides is 1. The van der Waals surface area contributed by atoms with Crippen molar-refractivity contribution < 1.29 is 9.18 Å². The van der Waals surface area contributed by atoms with Crippen LogP contribution in [0.3, 0.4) is 0 Å². The fourth-order valence-electron chi connectivity index (χ4n) is 2.44. The van der Waals surface area contributed by atoms with E-state index in [-0.39, 0.29) is 17.3 Å². The van der Waals surface area contributed by atoms with Gasteiger partial charge in [0.05, 0.1) is 16.5 Å². The maximum Gasteiger partial charge on any atom is 0.234 e. The molecule has 1 amide bonds. The number of nitrogens with one attached hydrogen (secondary N) is 1. The van der Waals surface area contributed by atoms with Gasteiger partial charge in [-0.3, -0.25) is 9.36 Å². The summed E-state index contributed by atoms with van der Waals surface area (Å²) in [7, 11) is 0. The lowest BCUT2D eigenvalue weighted by molar-refractivity contribution is -0.113. The molecule has 144 valence electrons. The summed E-state index contributed by atoms with van der Waals surface area (Å²) in [6, 6.07) is 11.8. The van der Waals surface area contributed by atoms with E-state index in [1.54, 1.807) is 18.2 Å². The number of allylic oxidation sites excluding steroid dienone is 1. The number of nitrogens with zero attached hydrogens (tertiary/aromatic N) is 3. The Kier molecular flexibility index (Phi) is 6.88. The maximum atomic E-state index is 13.9. The number of benzene rings is 2. The Bertz CT molecular complexity index is 1030. The van der Waals surface area contributed by atoms with Crippen molar-refractivity contribution in [2.75, 3.05) is 11.1 Å². The minimum absolute atomic E-state index is 0.0489. The molecule has 3 rings (SSSR count). The molecular weight excluding hydrogens is 467 g/mol. The first-order valence-electron chi connectivity index (χ1n) is 8.16. The van der Waals surface area contributed by atoms with Gasteiger partial charge in [-0.2, -0.15) is 0 Å². The van der Waals surface area contributed by atoms with Crippen molar-refractivity contribution in [3.05, 3.63) is 70.4 Å². The third kappa shape index (κ3) is 4.81. The highest BCUT2D eigenvalue weighted by Crippen LogP contribution is 2.29. The van der Waals surface area contributed by atoms with Crippen LogP contribution in [0.2, 0.25) is 5.02 Å². The SMILES string of the molecule is C=CCn1c(SCC(=O)Nc2ccc(Br)cc2F)nnc1-c1ccccc1Cl. The molecule has 0 aliphatic carbocycles. The average molecular weight is 482 g/mol. The molecular formula is C19H15BrClFN4OS. The minimum atomic E-state index is -0.511. The standard InChI is InChI=1S/C19H15BrClFN4OS/c1-2-9-26-18(13-5-3-4-6-14(13)21)24-25-19(26)28-11-17(27)23-16-8-7-12(20)10-15(16)22/h2-8,10H,1,9,11H2,(H,23,27). The first kappa shape index (κ1) is 20.6. The predicted molar refractivity (Wildman–Crippen MR) is 114 cm³/mol. The normalized spacial score (nSPS) is 10.7. The highest BCUT2D eigenvalue weighted by molar-refractivity contribution is 9.10. The highest BCUT2D eigenvalue weighted by atomic mass is 79.9. The molecule has 1 heterocycles. The molecule has 0 bridgehead atoms. The number of anilines is 1. The Morgan fingerprint density at radius 1 is 1.32 bits per heavy atom. The van der Waals surface area contributed by atoms with Crippen molar-refractivity contribution in [2.24, 2.45) is 0 Å². The van der Waals surface area contributed by atoms with Gasteiger partial charge in [0.15, 0.2) is 11.0 Å². The second-order valence-corrected chi connectivity index (χ2v) is 7.91. The van der Waals surface area contributed by atoms with E-state index < -0.39 is 5.82 Å². The second-order valence-electron chi connectivity index (χ2n) is 5.65. The smallest absolute Gasteiger partial charge is 0.234 e. The van der Waals surface area contributed by atoms with Gasteiger partial charge in [0, 0.05) is 16.6 Å². The molecule has 5 nitrogen and oxygen atoms in total. The summed E-state index contributed by atoms with van der Waals surface area (Å²) in [6.45, 7) is 4.22. The zero-order valence-corrected chi connectivity index (χ0v) is 17.7. The van der Waals surface area contributed by atoms with Gasteiger partial charge in [-0.1, -0.05) is 57.5 Å². The Hall–Kier alpha value is -2.16. The molecule has 0 saturated heterocycles. The van der Waals surface area contributed by atoms with Gasteiger partial charge in [-0.05, 0) is 30.3 Å². The van der Waals surface area contributed by atoms with Crippen LogP contribution in [-0.2, 0) is 11.3 Å². The Balaban J connectivity index is 1.74. The number of carbonyl (C=O) groups excluding carboxylic acids is 1. The van der Waals surface area contributed by atoms with E-state index in [0.717, 1.165) is 5.56 Å². The molecule has 0 spiro atoms. The van der Waals surface area contributed by atoms with Crippen LogP contribution in [0.1, 0.15) is 0 Å². The summed E-state index contributed by atoms with van der Waals surface area (Å²) < 4.78 is 16.3. The molecule has 0 aliphatic heterocycles. The lowest BCUT2D eigenvalue weighted by Gasteiger charge is -2.09. The fourth-order valence-corrected chi connectivity index (χ4v) is 3.74. The Morgan fingerprint density at radius 2 is 2.11 bits per heavy atom. The first-order valence-corrected chi connectivity index (χ1v) is 10.3. The molecule has 0 aliphatic rings. The second kappa shape index (κ2) is 9.36. The van der Waals surface area contributed by atoms with Crippen LogP contribution >= 0.6 is 39.3 Å². The van der Waals surface area contributed by atoms with Crippen molar-refractivity contribution in [1.29, 1.82) is 0 Å². The lowest BCUT2D eigenvalue weighted by Crippen LogP contribution is -2.15. The topological polar surface area (TPSA) is 59.8 Å². The number of rotatable bonds is 7. The van der Waals surface area contributed by atoms with Crippen LogP contribution in [-0.4, -0.2) is 26.4 Å². The van der Waals surface area contributed by atoms with Crippen LogP contribution < -0.4 is 5.32 Å². The van der Waals surface area contributed by atoms with Crippen LogP contribution in [0.4, 0.5) is 10.1 Å². The molecule has 1 N–H and O–H groups in total. The molecule has 0 saturated carbocycles. The van der Waals surface area contributed by atoms with Crippen molar-refractivity contribution in [3.8, 4) is 11.4 Å². The average Bonchev–Trinajstić information content (AvgIpc) is 3.06. The molecule has 0 fully saturated rings. The van der Waals surface area contributed by atoms with Gasteiger partial charge in [0.2, 0.25) is 5.91 Å². The van der Waals surface area contributed by atoms with E-state index in [1.165, 1.54) is 23.9 Å². The lowest BCUT2D eigenvalue weighted by atomic mass is 10.2. The van der Waals surface area contributed by atoms with Gasteiger partial charge in [0.1, 0.15) is 5.82 Å². The van der Waals surface area contributed by atoms with Gasteiger partial charge in [-0.15, -0.1) is 16.8 Å². The van der Waals surface area contributed by atoms with E-state index in [2.05, 4.69) is 38.0 Å². The first-order chi connectivity index (χ1) is 13.5. The van der Waals surface area contributed by atoms with E-state index >= 15 is 0 Å². The largest absolute Gasteiger partial charge is 0.323 e. The predicted octanol–water partition coefficient (Wildman–Crippen LogP) is 5.42. The van der Waals surface area contributed by atoms with Crippen molar-refractivity contribution in [3.63, 3.8) is 0 Å². The van der Waals surface area contributed by atoms with Gasteiger partial charge >= 0.3 is 0 Å². The van der Waals surface area contributed by atoms with Crippen molar-refractivity contribution >= 4 is 50.9 Å². The highest BCUT2D eigenvalue weighted by Gasteiger charge is 2.17. The summed E-state index contributed by atoms with van der Waals surface area (Å²) in [5.41, 5.74) is 0.866. The summed E-state index contributed by atoms with van der Waals surface area (Å²) in [5, 5.41) is 12.0. The molecule has 3 aromatic rings. The van der Waals surface area contributed by atoms with E-state index in [9.17, 15) is 9.18 Å². The van der Waals surface area contributed by atoms with E-state index in [4.69, 9.17) is 11.6 Å². The quantitative estimate of drug-likeness (QED) is 0.362.